The molecule has 2 unspecified atom stereocenters. The number of likely N-dealkylation sites (tertiary alicyclic amines) is 1. The summed E-state index contributed by atoms with van der Waals surface area (Å²) in [5.41, 5.74) is 1.72. The number of fused-ring (bicyclic) bond motifs is 1. The summed E-state index contributed by atoms with van der Waals surface area (Å²) in [6.45, 7) is 3.02. The van der Waals surface area contributed by atoms with E-state index in [-0.39, 0.29) is 17.5 Å². The zero-order chi connectivity index (χ0) is 18.1. The number of benzene rings is 1. The van der Waals surface area contributed by atoms with Crippen molar-refractivity contribution >= 4 is 16.9 Å². The zero-order valence-corrected chi connectivity index (χ0v) is 15.4. The van der Waals surface area contributed by atoms with Crippen molar-refractivity contribution in [2.24, 2.45) is 11.8 Å². The highest BCUT2D eigenvalue weighted by Crippen LogP contribution is 2.36. The average Bonchev–Trinajstić information content (AvgIpc) is 2.68. The van der Waals surface area contributed by atoms with Gasteiger partial charge < -0.3 is 9.88 Å². The summed E-state index contributed by atoms with van der Waals surface area (Å²) in [7, 11) is 0. The van der Waals surface area contributed by atoms with E-state index in [0.717, 1.165) is 18.9 Å². The van der Waals surface area contributed by atoms with Gasteiger partial charge in [-0.25, -0.2) is 4.98 Å². The van der Waals surface area contributed by atoms with Gasteiger partial charge in [-0.1, -0.05) is 32.1 Å². The second kappa shape index (κ2) is 7.22. The summed E-state index contributed by atoms with van der Waals surface area (Å²) in [6, 6.07) is 5.67. The normalized spacial score (nSPS) is 24.7. The molecule has 1 amide bonds. The molecule has 2 atom stereocenters. The molecule has 138 valence electrons. The van der Waals surface area contributed by atoms with Gasteiger partial charge in [0.1, 0.15) is 0 Å². The smallest absolute Gasteiger partial charge is 0.266 e. The van der Waals surface area contributed by atoms with Crippen LogP contribution in [0.1, 0.15) is 62.2 Å². The van der Waals surface area contributed by atoms with Crippen molar-refractivity contribution in [3.63, 3.8) is 0 Å². The van der Waals surface area contributed by atoms with Crippen molar-refractivity contribution in [3.05, 3.63) is 40.3 Å². The van der Waals surface area contributed by atoms with E-state index in [4.69, 9.17) is 0 Å². The molecule has 4 rings (SSSR count). The van der Waals surface area contributed by atoms with E-state index >= 15 is 0 Å². The third kappa shape index (κ3) is 3.39. The van der Waals surface area contributed by atoms with Crippen molar-refractivity contribution < 1.29 is 4.79 Å². The van der Waals surface area contributed by atoms with Crippen molar-refractivity contribution in [3.8, 4) is 0 Å². The molecular weight excluding hydrogens is 326 g/mol. The predicted octanol–water partition coefficient (Wildman–Crippen LogP) is 3.74. The minimum absolute atomic E-state index is 0.0737. The van der Waals surface area contributed by atoms with Crippen LogP contribution >= 0.6 is 0 Å². The quantitative estimate of drug-likeness (QED) is 0.894. The molecule has 1 aliphatic heterocycles. The topological polar surface area (TPSA) is 66.1 Å². The van der Waals surface area contributed by atoms with Crippen molar-refractivity contribution in [2.45, 2.75) is 57.9 Å². The van der Waals surface area contributed by atoms with Gasteiger partial charge in [-0.3, -0.25) is 9.59 Å². The van der Waals surface area contributed by atoms with Gasteiger partial charge in [-0.05, 0) is 49.8 Å². The molecule has 1 aromatic carbocycles. The lowest BCUT2D eigenvalue weighted by molar-refractivity contribution is 0.0460. The van der Waals surface area contributed by atoms with E-state index < -0.39 is 0 Å². The summed E-state index contributed by atoms with van der Waals surface area (Å²) in [4.78, 5) is 33.6. The minimum atomic E-state index is -0.245. The molecule has 1 N–H and O–H groups in total. The molecule has 2 fully saturated rings. The largest absolute Gasteiger partial charge is 0.336 e. The number of aromatic nitrogens is 2. The maximum atomic E-state index is 13.2. The Labute approximate surface area is 153 Å². The number of nitrogens with zero attached hydrogens (tertiary/aromatic N) is 2. The van der Waals surface area contributed by atoms with Gasteiger partial charge in [0.15, 0.2) is 0 Å². The van der Waals surface area contributed by atoms with Crippen LogP contribution in [-0.2, 0) is 0 Å². The molecule has 26 heavy (non-hydrogen) atoms. The highest BCUT2D eigenvalue weighted by Gasteiger charge is 2.34. The lowest BCUT2D eigenvalue weighted by Crippen LogP contribution is -2.47. The number of piperidine rings is 1. The number of aromatic amines is 1. The summed E-state index contributed by atoms with van der Waals surface area (Å²) in [5.74, 6) is 1.49. The molecule has 5 nitrogen and oxygen atoms in total. The molecule has 1 saturated heterocycles. The van der Waals surface area contributed by atoms with Gasteiger partial charge in [-0.2, -0.15) is 0 Å². The second-order valence-electron chi connectivity index (χ2n) is 8.02. The van der Waals surface area contributed by atoms with Crippen LogP contribution in [0.4, 0.5) is 0 Å². The monoisotopic (exact) mass is 353 g/mol. The van der Waals surface area contributed by atoms with E-state index in [0.29, 0.717) is 22.5 Å². The van der Waals surface area contributed by atoms with Crippen molar-refractivity contribution in [1.29, 1.82) is 0 Å². The van der Waals surface area contributed by atoms with Gasteiger partial charge in [-0.15, -0.1) is 0 Å². The average molecular weight is 353 g/mol. The van der Waals surface area contributed by atoms with Crippen molar-refractivity contribution in [1.82, 2.24) is 14.9 Å². The van der Waals surface area contributed by atoms with Crippen LogP contribution in [0.15, 0.2) is 29.2 Å². The summed E-state index contributed by atoms with van der Waals surface area (Å²) in [6.07, 6.45) is 10.3. The second-order valence-corrected chi connectivity index (χ2v) is 8.02. The fourth-order valence-corrected chi connectivity index (χ4v) is 4.75. The number of amides is 1. The SMILES string of the molecule is CC1CCC(C2CCCCC2)CN1C(=O)c1ccc2ncc(=O)[nH]c2c1. The highest BCUT2D eigenvalue weighted by molar-refractivity contribution is 5.97. The molecule has 2 aliphatic rings. The number of hydrogen-bond acceptors (Lipinski definition) is 3. The minimum Gasteiger partial charge on any atom is -0.336 e. The van der Waals surface area contributed by atoms with E-state index in [9.17, 15) is 9.59 Å². The molecule has 5 heteroatoms. The third-order valence-corrected chi connectivity index (χ3v) is 6.32. The van der Waals surface area contributed by atoms with Gasteiger partial charge >= 0.3 is 0 Å². The van der Waals surface area contributed by atoms with Crippen molar-refractivity contribution in [2.75, 3.05) is 6.54 Å². The Kier molecular flexibility index (Phi) is 4.79. The van der Waals surface area contributed by atoms with E-state index in [2.05, 4.69) is 21.8 Å². The summed E-state index contributed by atoms with van der Waals surface area (Å²) in [5, 5.41) is 0. The number of carbonyl (C=O) groups excluding carboxylic acids is 1. The molecule has 1 aliphatic carbocycles. The molecular formula is C21H27N3O2. The van der Waals surface area contributed by atoms with Crippen LogP contribution in [0.25, 0.3) is 11.0 Å². The van der Waals surface area contributed by atoms with Gasteiger partial charge in [0.2, 0.25) is 0 Å². The lowest BCUT2D eigenvalue weighted by atomic mass is 9.75. The first-order chi connectivity index (χ1) is 12.6. The fourth-order valence-electron chi connectivity index (χ4n) is 4.75. The highest BCUT2D eigenvalue weighted by atomic mass is 16.2. The first-order valence-corrected chi connectivity index (χ1v) is 9.92. The Hall–Kier alpha value is -2.17. The van der Waals surface area contributed by atoms with Crippen LogP contribution in [0.5, 0.6) is 0 Å². The van der Waals surface area contributed by atoms with Crippen LogP contribution in [0.3, 0.4) is 0 Å². The first kappa shape index (κ1) is 17.3. The third-order valence-electron chi connectivity index (χ3n) is 6.32. The first-order valence-electron chi connectivity index (χ1n) is 9.92. The number of hydrogen-bond donors (Lipinski definition) is 1. The van der Waals surface area contributed by atoms with E-state index in [1.54, 1.807) is 6.07 Å². The molecule has 1 aromatic heterocycles. The Balaban J connectivity index is 1.56. The maximum absolute atomic E-state index is 13.2. The van der Waals surface area contributed by atoms with Crippen LogP contribution in [0.2, 0.25) is 0 Å². The zero-order valence-electron chi connectivity index (χ0n) is 15.4. The Morgan fingerprint density at radius 2 is 1.92 bits per heavy atom. The fraction of sp³-hybridized carbons (Fsp3) is 0.571. The standard InChI is InChI=1S/C21H27N3O2/c1-14-7-8-17(15-5-3-2-4-6-15)13-24(14)21(26)16-9-10-18-19(11-16)23-20(25)12-22-18/h9-12,14-15,17H,2-8,13H2,1H3,(H,23,25). The predicted molar refractivity (Wildman–Crippen MR) is 102 cm³/mol. The van der Waals surface area contributed by atoms with Gasteiger partial charge in [0, 0.05) is 18.2 Å². The maximum Gasteiger partial charge on any atom is 0.266 e. The Morgan fingerprint density at radius 3 is 2.73 bits per heavy atom. The van der Waals surface area contributed by atoms with Gasteiger partial charge in [0.05, 0.1) is 17.2 Å². The lowest BCUT2D eigenvalue weighted by Gasteiger charge is -2.42. The van der Waals surface area contributed by atoms with Gasteiger partial charge in [0.25, 0.3) is 11.5 Å². The van der Waals surface area contributed by atoms with Crippen LogP contribution < -0.4 is 5.56 Å². The molecule has 0 radical (unpaired) electrons. The number of carbonyl (C=O) groups is 1. The van der Waals surface area contributed by atoms with Crippen LogP contribution in [-0.4, -0.2) is 33.4 Å². The number of nitrogens with one attached hydrogen (secondary N) is 1. The Morgan fingerprint density at radius 1 is 1.12 bits per heavy atom. The summed E-state index contributed by atoms with van der Waals surface area (Å²) >= 11 is 0. The number of rotatable bonds is 2. The molecule has 2 aromatic rings. The molecule has 0 spiro atoms. The molecule has 2 heterocycles. The van der Waals surface area contributed by atoms with E-state index in [1.807, 2.05) is 12.1 Å². The molecule has 1 saturated carbocycles. The van der Waals surface area contributed by atoms with E-state index in [1.165, 1.54) is 44.7 Å². The number of H-pyrrole nitrogens is 1. The molecule has 0 bridgehead atoms. The van der Waals surface area contributed by atoms with Crippen LogP contribution in [0, 0.1) is 11.8 Å². The Bertz CT molecular complexity index is 854. The summed E-state index contributed by atoms with van der Waals surface area (Å²) < 4.78 is 0.